The summed E-state index contributed by atoms with van der Waals surface area (Å²) in [7, 11) is 4.24. The van der Waals surface area contributed by atoms with Gasteiger partial charge in [-0.15, -0.1) is 0 Å². The van der Waals surface area contributed by atoms with Gasteiger partial charge in [0, 0.05) is 0 Å². The molecule has 0 unspecified atom stereocenters. The van der Waals surface area contributed by atoms with E-state index in [2.05, 4.69) is 17.3 Å². The molecule has 1 aliphatic rings. The first-order valence-electron chi connectivity index (χ1n) is 4.16. The maximum Gasteiger partial charge on any atom is -0.00187 e. The fourth-order valence-corrected chi connectivity index (χ4v) is 1.55. The zero-order valence-electron chi connectivity index (χ0n) is 7.06. The zero-order valence-corrected chi connectivity index (χ0v) is 7.06. The highest BCUT2D eigenvalue weighted by Gasteiger charge is 2.14. The highest BCUT2D eigenvalue weighted by atomic mass is 15.1. The second-order valence-corrected chi connectivity index (χ2v) is 3.30. The quantitative estimate of drug-likeness (QED) is 0.649. The number of rotatable bonds is 2. The Bertz CT molecular complexity index is 85.6. The predicted molar refractivity (Wildman–Crippen MR) is 50.9 cm³/mol. The first-order valence-corrected chi connectivity index (χ1v) is 4.16. The second kappa shape index (κ2) is 5.56. The molecule has 0 bridgehead atoms. The van der Waals surface area contributed by atoms with Gasteiger partial charge in [-0.3, -0.25) is 0 Å². The van der Waals surface area contributed by atoms with Crippen LogP contribution in [0.2, 0.25) is 0 Å². The number of hydrogen-bond donors (Lipinski definition) is 1. The largest absolute Gasteiger partial charge is 0.319 e. The first kappa shape index (κ1) is 10.9. The topological polar surface area (TPSA) is 15.3 Å². The van der Waals surface area contributed by atoms with Gasteiger partial charge >= 0.3 is 0 Å². The lowest BCUT2D eigenvalue weighted by molar-refractivity contribution is 0.218. The predicted octanol–water partition coefficient (Wildman–Crippen LogP) is 1.18. The van der Waals surface area contributed by atoms with Crippen LogP contribution in [0.5, 0.6) is 0 Å². The van der Waals surface area contributed by atoms with Gasteiger partial charge in [0.15, 0.2) is 0 Å². The summed E-state index contributed by atoms with van der Waals surface area (Å²) in [5.74, 6) is 0.932. The SMILES string of the molecule is C.CNCC1CCN(C)CC1. The molecule has 1 fully saturated rings. The molecule has 1 rings (SSSR count). The van der Waals surface area contributed by atoms with Crippen molar-refractivity contribution in [3.8, 4) is 0 Å². The summed E-state index contributed by atoms with van der Waals surface area (Å²) in [6, 6.07) is 0. The molecule has 0 amide bonds. The lowest BCUT2D eigenvalue weighted by atomic mass is 9.97. The molecule has 2 heteroatoms. The summed E-state index contributed by atoms with van der Waals surface area (Å²) >= 11 is 0. The Morgan fingerprint density at radius 3 is 2.36 bits per heavy atom. The van der Waals surface area contributed by atoms with Gasteiger partial charge in [0.1, 0.15) is 0 Å². The van der Waals surface area contributed by atoms with Crippen molar-refractivity contribution in [2.24, 2.45) is 5.92 Å². The minimum Gasteiger partial charge on any atom is -0.319 e. The Labute approximate surface area is 71.0 Å². The second-order valence-electron chi connectivity index (χ2n) is 3.30. The number of likely N-dealkylation sites (tertiary alicyclic amines) is 1. The third-order valence-electron chi connectivity index (χ3n) is 2.33. The van der Waals surface area contributed by atoms with Gasteiger partial charge in [-0.05, 0) is 52.5 Å². The van der Waals surface area contributed by atoms with Crippen molar-refractivity contribution in [2.45, 2.75) is 20.3 Å². The molecule has 0 atom stereocenters. The van der Waals surface area contributed by atoms with Crippen LogP contribution in [0.25, 0.3) is 0 Å². The Kier molecular flexibility index (Phi) is 5.51. The third-order valence-corrected chi connectivity index (χ3v) is 2.33. The zero-order chi connectivity index (χ0) is 7.40. The molecule has 1 heterocycles. The van der Waals surface area contributed by atoms with E-state index in [0.717, 1.165) is 5.92 Å². The van der Waals surface area contributed by atoms with Gasteiger partial charge in [-0.25, -0.2) is 0 Å². The summed E-state index contributed by atoms with van der Waals surface area (Å²) in [6.07, 6.45) is 2.74. The highest BCUT2D eigenvalue weighted by Crippen LogP contribution is 2.14. The van der Waals surface area contributed by atoms with Crippen LogP contribution in [0.1, 0.15) is 20.3 Å². The summed E-state index contributed by atoms with van der Waals surface area (Å²) in [6.45, 7) is 3.77. The van der Waals surface area contributed by atoms with E-state index < -0.39 is 0 Å². The van der Waals surface area contributed by atoms with E-state index in [0.29, 0.717) is 0 Å². The van der Waals surface area contributed by atoms with Crippen LogP contribution >= 0.6 is 0 Å². The molecular weight excluding hydrogens is 136 g/mol. The lowest BCUT2D eigenvalue weighted by Gasteiger charge is -2.28. The molecule has 0 aromatic carbocycles. The Morgan fingerprint density at radius 1 is 1.36 bits per heavy atom. The maximum atomic E-state index is 3.23. The van der Waals surface area contributed by atoms with E-state index in [-0.39, 0.29) is 7.43 Å². The van der Waals surface area contributed by atoms with Crippen molar-refractivity contribution in [2.75, 3.05) is 33.7 Å². The average Bonchev–Trinajstić information content (AvgIpc) is 1.95. The molecule has 0 aromatic rings. The van der Waals surface area contributed by atoms with Gasteiger partial charge in [-0.2, -0.15) is 0 Å². The number of nitrogens with zero attached hydrogens (tertiary/aromatic N) is 1. The summed E-state index contributed by atoms with van der Waals surface area (Å²) < 4.78 is 0. The van der Waals surface area contributed by atoms with Crippen molar-refractivity contribution < 1.29 is 0 Å². The van der Waals surface area contributed by atoms with Crippen LogP contribution in [0.15, 0.2) is 0 Å². The molecule has 0 aliphatic carbocycles. The highest BCUT2D eigenvalue weighted by molar-refractivity contribution is 4.70. The summed E-state index contributed by atoms with van der Waals surface area (Å²) in [5, 5.41) is 3.23. The smallest absolute Gasteiger partial charge is 0.00187 e. The minimum absolute atomic E-state index is 0. The summed E-state index contributed by atoms with van der Waals surface area (Å²) in [5.41, 5.74) is 0. The Morgan fingerprint density at radius 2 is 1.91 bits per heavy atom. The van der Waals surface area contributed by atoms with Crippen LogP contribution in [-0.2, 0) is 0 Å². The van der Waals surface area contributed by atoms with Gasteiger partial charge in [0.2, 0.25) is 0 Å². The van der Waals surface area contributed by atoms with E-state index in [1.54, 1.807) is 0 Å². The van der Waals surface area contributed by atoms with Crippen molar-refractivity contribution in [1.82, 2.24) is 10.2 Å². The Hall–Kier alpha value is -0.0800. The molecular formula is C9H22N2. The van der Waals surface area contributed by atoms with Crippen molar-refractivity contribution in [3.05, 3.63) is 0 Å². The maximum absolute atomic E-state index is 3.23. The summed E-state index contributed by atoms with van der Waals surface area (Å²) in [4.78, 5) is 2.41. The van der Waals surface area contributed by atoms with Gasteiger partial charge in [0.25, 0.3) is 0 Å². The van der Waals surface area contributed by atoms with Crippen LogP contribution in [-0.4, -0.2) is 38.6 Å². The molecule has 0 aromatic heterocycles. The average molecular weight is 158 g/mol. The first-order chi connectivity index (χ1) is 4.83. The van der Waals surface area contributed by atoms with E-state index in [9.17, 15) is 0 Å². The van der Waals surface area contributed by atoms with Crippen molar-refractivity contribution >= 4 is 0 Å². The number of nitrogens with one attached hydrogen (secondary N) is 1. The van der Waals surface area contributed by atoms with E-state index >= 15 is 0 Å². The van der Waals surface area contributed by atoms with E-state index in [1.807, 2.05) is 7.05 Å². The van der Waals surface area contributed by atoms with Gasteiger partial charge < -0.3 is 10.2 Å². The molecule has 2 nitrogen and oxygen atoms in total. The molecule has 1 N–H and O–H groups in total. The van der Waals surface area contributed by atoms with Crippen molar-refractivity contribution in [3.63, 3.8) is 0 Å². The van der Waals surface area contributed by atoms with Gasteiger partial charge in [0.05, 0.1) is 0 Å². The van der Waals surface area contributed by atoms with E-state index in [4.69, 9.17) is 0 Å². The normalized spacial score (nSPS) is 21.3. The van der Waals surface area contributed by atoms with Crippen molar-refractivity contribution in [1.29, 1.82) is 0 Å². The van der Waals surface area contributed by atoms with E-state index in [1.165, 1.54) is 32.5 Å². The number of piperidine rings is 1. The van der Waals surface area contributed by atoms with Gasteiger partial charge in [-0.1, -0.05) is 7.43 Å². The Balaban J connectivity index is 0.000001000. The fraction of sp³-hybridized carbons (Fsp3) is 1.00. The lowest BCUT2D eigenvalue weighted by Crippen LogP contribution is -2.34. The molecule has 1 aliphatic heterocycles. The van der Waals surface area contributed by atoms with Crippen LogP contribution in [0.4, 0.5) is 0 Å². The number of hydrogen-bond acceptors (Lipinski definition) is 2. The molecule has 0 radical (unpaired) electrons. The molecule has 11 heavy (non-hydrogen) atoms. The van der Waals surface area contributed by atoms with Crippen LogP contribution in [0.3, 0.4) is 0 Å². The standard InChI is InChI=1S/C8H18N2.CH4/c1-9-7-8-3-5-10(2)6-4-8;/h8-9H,3-7H2,1-2H3;1H4. The molecule has 0 spiro atoms. The molecule has 0 saturated carbocycles. The monoisotopic (exact) mass is 158 g/mol. The van der Waals surface area contributed by atoms with Crippen LogP contribution in [0, 0.1) is 5.92 Å². The minimum atomic E-state index is 0. The fourth-order valence-electron chi connectivity index (χ4n) is 1.55. The molecule has 68 valence electrons. The third kappa shape index (κ3) is 3.73. The van der Waals surface area contributed by atoms with Crippen LogP contribution < -0.4 is 5.32 Å². The molecule has 1 saturated heterocycles.